The predicted molar refractivity (Wildman–Crippen MR) is 105 cm³/mol. The van der Waals surface area contributed by atoms with Crippen LogP contribution < -0.4 is 9.64 Å². The maximum atomic E-state index is 13.5. The van der Waals surface area contributed by atoms with Gasteiger partial charge in [-0.1, -0.05) is 29.4 Å². The molecule has 2 heterocycles. The van der Waals surface area contributed by atoms with Crippen molar-refractivity contribution in [1.82, 2.24) is 5.16 Å². The first kappa shape index (κ1) is 19.4. The summed E-state index contributed by atoms with van der Waals surface area (Å²) >= 11 is 0. The SMILES string of the molecule is COc1cccc(/C(O)=C2\C(=O)C(=O)N(c3cc(C)on3)C2c2ccc(F)cc2)c1. The number of aliphatic hydroxyl groups is 1. The number of methoxy groups -OCH3 is 1. The molecule has 1 aliphatic rings. The first-order valence-corrected chi connectivity index (χ1v) is 9.05. The lowest BCUT2D eigenvalue weighted by Crippen LogP contribution is -2.29. The van der Waals surface area contributed by atoms with Crippen molar-refractivity contribution in [2.75, 3.05) is 12.0 Å². The number of ether oxygens (including phenoxy) is 1. The maximum Gasteiger partial charge on any atom is 0.301 e. The molecule has 0 saturated carbocycles. The van der Waals surface area contributed by atoms with Gasteiger partial charge in [0.1, 0.15) is 23.1 Å². The summed E-state index contributed by atoms with van der Waals surface area (Å²) in [6, 6.07) is 12.3. The van der Waals surface area contributed by atoms with Crippen molar-refractivity contribution in [2.45, 2.75) is 13.0 Å². The summed E-state index contributed by atoms with van der Waals surface area (Å²) in [6.45, 7) is 1.65. The Morgan fingerprint density at radius 1 is 1.17 bits per heavy atom. The molecule has 7 nitrogen and oxygen atoms in total. The zero-order chi connectivity index (χ0) is 21.4. The first-order valence-electron chi connectivity index (χ1n) is 9.05. The number of ketones is 1. The van der Waals surface area contributed by atoms with E-state index in [0.29, 0.717) is 22.6 Å². The van der Waals surface area contributed by atoms with E-state index in [1.54, 1.807) is 31.2 Å². The monoisotopic (exact) mass is 408 g/mol. The van der Waals surface area contributed by atoms with Gasteiger partial charge in [-0.15, -0.1) is 0 Å². The molecule has 1 unspecified atom stereocenters. The largest absolute Gasteiger partial charge is 0.507 e. The summed E-state index contributed by atoms with van der Waals surface area (Å²) in [5.41, 5.74) is 0.594. The standard InChI is InChI=1S/C22H17FN2O5/c1-12-10-17(24-30-12)25-19(13-6-8-15(23)9-7-13)18(21(27)22(25)28)20(26)14-4-3-5-16(11-14)29-2/h3-11,19,26H,1-2H3/b20-18+. The van der Waals surface area contributed by atoms with Crippen LogP contribution in [0.25, 0.3) is 5.76 Å². The number of anilines is 1. The number of halogens is 1. The van der Waals surface area contributed by atoms with Crippen LogP contribution in [-0.4, -0.2) is 29.1 Å². The molecule has 1 atom stereocenters. The van der Waals surface area contributed by atoms with E-state index in [1.807, 2.05) is 0 Å². The van der Waals surface area contributed by atoms with Crippen molar-refractivity contribution >= 4 is 23.3 Å². The Balaban J connectivity index is 1.94. The maximum absolute atomic E-state index is 13.5. The second-order valence-electron chi connectivity index (χ2n) is 6.75. The van der Waals surface area contributed by atoms with Gasteiger partial charge < -0.3 is 14.4 Å². The van der Waals surface area contributed by atoms with E-state index in [2.05, 4.69) is 5.16 Å². The Morgan fingerprint density at radius 2 is 1.90 bits per heavy atom. The molecule has 30 heavy (non-hydrogen) atoms. The lowest BCUT2D eigenvalue weighted by molar-refractivity contribution is -0.132. The quantitative estimate of drug-likeness (QED) is 0.401. The number of benzene rings is 2. The van der Waals surface area contributed by atoms with E-state index in [1.165, 1.54) is 37.4 Å². The molecule has 1 aromatic heterocycles. The van der Waals surface area contributed by atoms with Gasteiger partial charge in [-0.25, -0.2) is 4.39 Å². The lowest BCUT2D eigenvalue weighted by Gasteiger charge is -2.22. The summed E-state index contributed by atoms with van der Waals surface area (Å²) in [4.78, 5) is 27.0. The molecule has 1 amide bonds. The number of rotatable bonds is 4. The van der Waals surface area contributed by atoms with Crippen LogP contribution in [0.4, 0.5) is 10.2 Å². The summed E-state index contributed by atoms with van der Waals surface area (Å²) in [5.74, 6) is -1.57. The molecule has 152 valence electrons. The fraction of sp³-hybridized carbons (Fsp3) is 0.136. The number of carbonyl (C=O) groups is 2. The van der Waals surface area contributed by atoms with Crippen LogP contribution >= 0.6 is 0 Å². The highest BCUT2D eigenvalue weighted by atomic mass is 19.1. The van der Waals surface area contributed by atoms with Gasteiger partial charge in [-0.3, -0.25) is 14.5 Å². The first-order chi connectivity index (χ1) is 14.4. The molecule has 1 aliphatic heterocycles. The Hall–Kier alpha value is -3.94. The summed E-state index contributed by atoms with van der Waals surface area (Å²) in [7, 11) is 1.48. The van der Waals surface area contributed by atoms with Gasteiger partial charge in [0.05, 0.1) is 18.7 Å². The van der Waals surface area contributed by atoms with Gasteiger partial charge in [0, 0.05) is 11.6 Å². The highest BCUT2D eigenvalue weighted by Crippen LogP contribution is 2.42. The van der Waals surface area contributed by atoms with E-state index in [0.717, 1.165) is 4.90 Å². The topological polar surface area (TPSA) is 92.9 Å². The van der Waals surface area contributed by atoms with Crippen LogP contribution in [0.3, 0.4) is 0 Å². The van der Waals surface area contributed by atoms with E-state index >= 15 is 0 Å². The molecule has 0 radical (unpaired) electrons. The van der Waals surface area contributed by atoms with Crippen molar-refractivity contribution in [3.05, 3.63) is 82.9 Å². The van der Waals surface area contributed by atoms with E-state index < -0.39 is 23.5 Å². The Bertz CT molecular complexity index is 1170. The minimum atomic E-state index is -1.01. The molecule has 4 rings (SSSR count). The third kappa shape index (κ3) is 3.22. The number of aliphatic hydroxyl groups excluding tert-OH is 1. The van der Waals surface area contributed by atoms with Crippen molar-refractivity contribution in [2.24, 2.45) is 0 Å². The highest BCUT2D eigenvalue weighted by molar-refractivity contribution is 6.51. The van der Waals surface area contributed by atoms with Gasteiger partial charge in [0.2, 0.25) is 0 Å². The van der Waals surface area contributed by atoms with Crippen LogP contribution in [0.15, 0.2) is 64.7 Å². The fourth-order valence-electron chi connectivity index (χ4n) is 3.42. The molecule has 1 N–H and O–H groups in total. The highest BCUT2D eigenvalue weighted by Gasteiger charge is 2.48. The number of nitrogens with zero attached hydrogens (tertiary/aromatic N) is 2. The number of hydrogen-bond acceptors (Lipinski definition) is 6. The Kier molecular flexibility index (Phi) is 4.83. The van der Waals surface area contributed by atoms with Gasteiger partial charge >= 0.3 is 5.91 Å². The molecule has 3 aromatic rings. The molecular weight excluding hydrogens is 391 g/mol. The average Bonchev–Trinajstić information content (AvgIpc) is 3.29. The summed E-state index contributed by atoms with van der Waals surface area (Å²) in [5, 5.41) is 14.8. The molecule has 2 aromatic carbocycles. The van der Waals surface area contributed by atoms with Crippen LogP contribution in [0, 0.1) is 12.7 Å². The van der Waals surface area contributed by atoms with E-state index in [9.17, 15) is 19.1 Å². The normalized spacial score (nSPS) is 18.1. The zero-order valence-corrected chi connectivity index (χ0v) is 16.1. The van der Waals surface area contributed by atoms with Gasteiger partial charge in [0.15, 0.2) is 5.82 Å². The van der Waals surface area contributed by atoms with Crippen LogP contribution in [0.2, 0.25) is 0 Å². The lowest BCUT2D eigenvalue weighted by atomic mass is 9.95. The number of amides is 1. The molecule has 8 heteroatoms. The molecular formula is C22H17FN2O5. The molecule has 0 bridgehead atoms. The number of aromatic nitrogens is 1. The molecule has 0 aliphatic carbocycles. The smallest absolute Gasteiger partial charge is 0.301 e. The average molecular weight is 408 g/mol. The van der Waals surface area contributed by atoms with E-state index in [4.69, 9.17) is 9.26 Å². The van der Waals surface area contributed by atoms with Crippen LogP contribution in [0.1, 0.15) is 22.9 Å². The number of carbonyl (C=O) groups excluding carboxylic acids is 2. The number of aryl methyl sites for hydroxylation is 1. The Morgan fingerprint density at radius 3 is 2.53 bits per heavy atom. The predicted octanol–water partition coefficient (Wildman–Crippen LogP) is 3.76. The minimum absolute atomic E-state index is 0.119. The third-order valence-corrected chi connectivity index (χ3v) is 4.84. The van der Waals surface area contributed by atoms with Gasteiger partial charge in [-0.2, -0.15) is 0 Å². The van der Waals surface area contributed by atoms with Crippen LogP contribution in [-0.2, 0) is 9.59 Å². The molecule has 1 fully saturated rings. The van der Waals surface area contributed by atoms with Crippen molar-refractivity contribution in [1.29, 1.82) is 0 Å². The van der Waals surface area contributed by atoms with Crippen molar-refractivity contribution < 1.29 is 28.3 Å². The molecule has 0 spiro atoms. The minimum Gasteiger partial charge on any atom is -0.507 e. The van der Waals surface area contributed by atoms with Gasteiger partial charge in [-0.05, 0) is 36.8 Å². The zero-order valence-electron chi connectivity index (χ0n) is 16.1. The summed E-state index contributed by atoms with van der Waals surface area (Å²) < 4.78 is 23.7. The summed E-state index contributed by atoms with van der Waals surface area (Å²) in [6.07, 6.45) is 0. The van der Waals surface area contributed by atoms with Gasteiger partial charge in [0.25, 0.3) is 5.78 Å². The van der Waals surface area contributed by atoms with Crippen molar-refractivity contribution in [3.8, 4) is 5.75 Å². The third-order valence-electron chi connectivity index (χ3n) is 4.84. The van der Waals surface area contributed by atoms with Crippen molar-refractivity contribution in [3.63, 3.8) is 0 Å². The number of hydrogen-bond donors (Lipinski definition) is 1. The van der Waals surface area contributed by atoms with E-state index in [-0.39, 0.29) is 17.2 Å². The second kappa shape index (κ2) is 7.47. The fourth-order valence-corrected chi connectivity index (χ4v) is 3.42. The molecule has 1 saturated heterocycles. The Labute approximate surface area is 171 Å². The second-order valence-corrected chi connectivity index (χ2v) is 6.75. The number of Topliss-reactive ketones (excluding diaryl/α,β-unsaturated/α-hetero) is 1. The van der Waals surface area contributed by atoms with Crippen LogP contribution in [0.5, 0.6) is 5.75 Å².